The molecule has 0 bridgehead atoms. The molecule has 140 valence electrons. The van der Waals surface area contributed by atoms with Gasteiger partial charge in [-0.3, -0.25) is 14.5 Å². The van der Waals surface area contributed by atoms with Crippen molar-refractivity contribution >= 4 is 33.6 Å². The van der Waals surface area contributed by atoms with Crippen LogP contribution in [0, 0.1) is 0 Å². The molecule has 0 radical (unpaired) electrons. The van der Waals surface area contributed by atoms with Crippen molar-refractivity contribution in [1.82, 2.24) is 14.5 Å². The van der Waals surface area contributed by atoms with Gasteiger partial charge in [0.1, 0.15) is 0 Å². The van der Waals surface area contributed by atoms with Crippen LogP contribution in [0.15, 0.2) is 60.9 Å². The number of nitrogens with zero attached hydrogens (tertiary/aromatic N) is 2. The highest BCUT2D eigenvalue weighted by Gasteiger charge is 2.40. The molecule has 0 saturated carbocycles. The summed E-state index contributed by atoms with van der Waals surface area (Å²) in [7, 11) is 1.97. The number of para-hydroxylation sites is 2. The van der Waals surface area contributed by atoms with Crippen molar-refractivity contribution in [2.24, 2.45) is 7.05 Å². The first-order valence-corrected chi connectivity index (χ1v) is 9.56. The Hall–Kier alpha value is -3.34. The van der Waals surface area contributed by atoms with Crippen LogP contribution in [0.5, 0.6) is 0 Å². The second-order valence-electron chi connectivity index (χ2n) is 7.46. The highest BCUT2D eigenvalue weighted by molar-refractivity contribution is 6.08. The summed E-state index contributed by atoms with van der Waals surface area (Å²) in [6.45, 7) is 0.417. The van der Waals surface area contributed by atoms with E-state index >= 15 is 0 Å². The Labute approximate surface area is 162 Å². The van der Waals surface area contributed by atoms with Gasteiger partial charge in [-0.05, 0) is 29.7 Å². The molecule has 1 aliphatic rings. The van der Waals surface area contributed by atoms with E-state index in [4.69, 9.17) is 0 Å². The standard InChI is InChI=1S/C23H21N3O2/c1-25-14-19(17-7-3-5-9-21(17)25)18-12-22(27)26(23(18)28)11-10-15-13-24-20-8-4-2-6-16(15)20/h2-9,13-14,18,24H,10-12H2,1H3. The summed E-state index contributed by atoms with van der Waals surface area (Å²) in [4.78, 5) is 30.4. The Balaban J connectivity index is 1.40. The normalized spacial score (nSPS) is 17.3. The number of hydrogen-bond donors (Lipinski definition) is 1. The topological polar surface area (TPSA) is 58.1 Å². The highest BCUT2D eigenvalue weighted by atomic mass is 16.2. The van der Waals surface area contributed by atoms with Crippen molar-refractivity contribution in [2.75, 3.05) is 6.54 Å². The Kier molecular flexibility index (Phi) is 3.83. The van der Waals surface area contributed by atoms with Crippen LogP contribution >= 0.6 is 0 Å². The average molecular weight is 371 g/mol. The van der Waals surface area contributed by atoms with E-state index in [0.717, 1.165) is 32.9 Å². The van der Waals surface area contributed by atoms with Gasteiger partial charge in [-0.15, -0.1) is 0 Å². The molecule has 0 aliphatic carbocycles. The number of rotatable bonds is 4. The number of H-pyrrole nitrogens is 1. The molecule has 2 amide bonds. The lowest BCUT2D eigenvalue weighted by Gasteiger charge is -2.14. The highest BCUT2D eigenvalue weighted by Crippen LogP contribution is 2.35. The van der Waals surface area contributed by atoms with Gasteiger partial charge >= 0.3 is 0 Å². The van der Waals surface area contributed by atoms with Crippen molar-refractivity contribution in [1.29, 1.82) is 0 Å². The fourth-order valence-electron chi connectivity index (χ4n) is 4.38. The number of hydrogen-bond acceptors (Lipinski definition) is 2. The van der Waals surface area contributed by atoms with Gasteiger partial charge < -0.3 is 9.55 Å². The van der Waals surface area contributed by atoms with Crippen molar-refractivity contribution in [2.45, 2.75) is 18.8 Å². The van der Waals surface area contributed by atoms with Crippen molar-refractivity contribution in [3.8, 4) is 0 Å². The van der Waals surface area contributed by atoms with E-state index in [9.17, 15) is 9.59 Å². The van der Waals surface area contributed by atoms with Gasteiger partial charge in [-0.1, -0.05) is 36.4 Å². The molecule has 1 atom stereocenters. The van der Waals surface area contributed by atoms with Gasteiger partial charge in [0.2, 0.25) is 11.8 Å². The van der Waals surface area contributed by atoms with E-state index in [0.29, 0.717) is 13.0 Å². The number of carbonyl (C=O) groups excluding carboxylic acids is 2. The lowest BCUT2D eigenvalue weighted by molar-refractivity contribution is -0.138. The molecular formula is C23H21N3O2. The second kappa shape index (κ2) is 6.37. The number of nitrogens with one attached hydrogen (secondary N) is 1. The maximum atomic E-state index is 13.1. The van der Waals surface area contributed by atoms with Crippen LogP contribution in [-0.4, -0.2) is 32.8 Å². The van der Waals surface area contributed by atoms with Crippen molar-refractivity contribution < 1.29 is 9.59 Å². The Morgan fingerprint density at radius 2 is 1.79 bits per heavy atom. The van der Waals surface area contributed by atoms with Crippen LogP contribution in [0.2, 0.25) is 0 Å². The first kappa shape index (κ1) is 16.8. The zero-order valence-electron chi connectivity index (χ0n) is 15.7. The number of aromatic nitrogens is 2. The van der Waals surface area contributed by atoms with Gasteiger partial charge in [0.25, 0.3) is 0 Å². The van der Waals surface area contributed by atoms with Crippen LogP contribution in [0.25, 0.3) is 21.8 Å². The minimum Gasteiger partial charge on any atom is -0.361 e. The van der Waals surface area contributed by atoms with Gasteiger partial charge in [0, 0.05) is 54.2 Å². The van der Waals surface area contributed by atoms with Crippen molar-refractivity contribution in [3.05, 3.63) is 72.1 Å². The molecule has 2 aromatic heterocycles. The maximum absolute atomic E-state index is 13.1. The van der Waals surface area contributed by atoms with E-state index in [1.54, 1.807) is 0 Å². The number of fused-ring (bicyclic) bond motifs is 2. The molecule has 1 aliphatic heterocycles. The quantitative estimate of drug-likeness (QED) is 0.556. The maximum Gasteiger partial charge on any atom is 0.237 e. The zero-order chi connectivity index (χ0) is 19.3. The number of imide groups is 1. The number of aryl methyl sites for hydroxylation is 1. The van der Waals surface area contributed by atoms with E-state index in [-0.39, 0.29) is 24.2 Å². The summed E-state index contributed by atoms with van der Waals surface area (Å²) in [5, 5.41) is 2.20. The van der Waals surface area contributed by atoms with Gasteiger partial charge in [-0.2, -0.15) is 0 Å². The van der Waals surface area contributed by atoms with Crippen LogP contribution in [0.4, 0.5) is 0 Å². The lowest BCUT2D eigenvalue weighted by atomic mass is 9.97. The SMILES string of the molecule is Cn1cc(C2CC(=O)N(CCc3c[nH]c4ccccc34)C2=O)c2ccccc21. The number of benzene rings is 2. The minimum atomic E-state index is -0.387. The lowest BCUT2D eigenvalue weighted by Crippen LogP contribution is -2.32. The third-order valence-corrected chi connectivity index (χ3v) is 5.83. The number of amides is 2. The molecule has 1 unspecified atom stereocenters. The fraction of sp³-hybridized carbons (Fsp3) is 0.217. The third-order valence-electron chi connectivity index (χ3n) is 5.83. The summed E-state index contributed by atoms with van der Waals surface area (Å²) in [5.41, 5.74) is 4.23. The predicted molar refractivity (Wildman–Crippen MR) is 109 cm³/mol. The van der Waals surface area contributed by atoms with Crippen LogP contribution in [0.1, 0.15) is 23.5 Å². The summed E-state index contributed by atoms with van der Waals surface area (Å²) in [6, 6.07) is 16.1. The predicted octanol–water partition coefficient (Wildman–Crippen LogP) is 3.74. The fourth-order valence-corrected chi connectivity index (χ4v) is 4.38. The summed E-state index contributed by atoms with van der Waals surface area (Å²) in [5.74, 6) is -0.550. The largest absolute Gasteiger partial charge is 0.361 e. The van der Waals surface area contributed by atoms with Crippen LogP contribution in [-0.2, 0) is 23.1 Å². The average Bonchev–Trinajstić information content (AvgIpc) is 3.35. The van der Waals surface area contributed by atoms with Crippen LogP contribution in [0.3, 0.4) is 0 Å². The molecule has 4 aromatic rings. The molecule has 0 spiro atoms. The zero-order valence-corrected chi connectivity index (χ0v) is 15.7. The first-order chi connectivity index (χ1) is 13.6. The molecule has 28 heavy (non-hydrogen) atoms. The van der Waals surface area contributed by atoms with Crippen LogP contribution < -0.4 is 0 Å². The van der Waals surface area contributed by atoms with Gasteiger partial charge in [-0.25, -0.2) is 0 Å². The van der Waals surface area contributed by atoms with E-state index in [2.05, 4.69) is 11.1 Å². The monoisotopic (exact) mass is 371 g/mol. The number of carbonyl (C=O) groups is 2. The smallest absolute Gasteiger partial charge is 0.237 e. The van der Waals surface area contributed by atoms with E-state index in [1.807, 2.05) is 66.5 Å². The Morgan fingerprint density at radius 1 is 1.04 bits per heavy atom. The van der Waals surface area contributed by atoms with Gasteiger partial charge in [0.15, 0.2) is 0 Å². The van der Waals surface area contributed by atoms with E-state index in [1.165, 1.54) is 4.90 Å². The molecule has 3 heterocycles. The van der Waals surface area contributed by atoms with E-state index < -0.39 is 0 Å². The first-order valence-electron chi connectivity index (χ1n) is 9.56. The Morgan fingerprint density at radius 3 is 2.64 bits per heavy atom. The molecule has 1 fully saturated rings. The summed E-state index contributed by atoms with van der Waals surface area (Å²) in [6.07, 6.45) is 4.87. The molecular weight excluding hydrogens is 350 g/mol. The summed E-state index contributed by atoms with van der Waals surface area (Å²) >= 11 is 0. The number of aromatic amines is 1. The molecule has 5 nitrogen and oxygen atoms in total. The Bertz CT molecular complexity index is 1220. The third kappa shape index (κ3) is 2.54. The molecule has 1 saturated heterocycles. The molecule has 2 aromatic carbocycles. The summed E-state index contributed by atoms with van der Waals surface area (Å²) < 4.78 is 2.02. The second-order valence-corrected chi connectivity index (χ2v) is 7.46. The molecule has 5 heteroatoms. The number of likely N-dealkylation sites (tertiary alicyclic amines) is 1. The van der Waals surface area contributed by atoms with Crippen molar-refractivity contribution in [3.63, 3.8) is 0 Å². The molecule has 5 rings (SSSR count). The van der Waals surface area contributed by atoms with Gasteiger partial charge in [0.05, 0.1) is 5.92 Å². The minimum absolute atomic E-state index is 0.0808. The molecule has 1 N–H and O–H groups in total.